The molecule has 2 unspecified atom stereocenters. The molecular formula is C20H23F2NO3. The number of rotatable bonds is 6. The normalized spacial score (nSPS) is 20.3. The van der Waals surface area contributed by atoms with Crippen LogP contribution in [0.5, 0.6) is 11.5 Å². The van der Waals surface area contributed by atoms with Gasteiger partial charge in [-0.25, -0.2) is 8.78 Å². The minimum absolute atomic E-state index is 0.194. The molecule has 0 radical (unpaired) electrons. The molecule has 1 aliphatic rings. The number of aryl methyl sites for hydroxylation is 2. The number of aliphatic hydroxyl groups is 1. The van der Waals surface area contributed by atoms with E-state index in [-0.39, 0.29) is 17.8 Å². The zero-order valence-electron chi connectivity index (χ0n) is 14.9. The van der Waals surface area contributed by atoms with E-state index >= 15 is 0 Å². The Balaban J connectivity index is 1.74. The van der Waals surface area contributed by atoms with Gasteiger partial charge in [-0.1, -0.05) is 6.07 Å². The summed E-state index contributed by atoms with van der Waals surface area (Å²) in [6.07, 6.45) is 1.00. The van der Waals surface area contributed by atoms with E-state index in [1.165, 1.54) is 25.3 Å². The van der Waals surface area contributed by atoms with Gasteiger partial charge in [-0.2, -0.15) is 0 Å². The number of hydrogen-bond acceptors (Lipinski definition) is 4. The average molecular weight is 363 g/mol. The third-order valence-corrected chi connectivity index (χ3v) is 4.65. The van der Waals surface area contributed by atoms with Gasteiger partial charge < -0.3 is 14.6 Å². The van der Waals surface area contributed by atoms with E-state index in [1.807, 2.05) is 11.9 Å². The second kappa shape index (κ2) is 8.01. The summed E-state index contributed by atoms with van der Waals surface area (Å²) in [6, 6.07) is 9.15. The summed E-state index contributed by atoms with van der Waals surface area (Å²) in [6.45, 7) is 0.552. The van der Waals surface area contributed by atoms with Gasteiger partial charge in [-0.15, -0.1) is 0 Å². The maximum Gasteiger partial charge on any atom is 0.165 e. The zero-order valence-corrected chi connectivity index (χ0v) is 14.9. The van der Waals surface area contributed by atoms with Gasteiger partial charge in [0, 0.05) is 13.0 Å². The summed E-state index contributed by atoms with van der Waals surface area (Å²) in [5.74, 6) is 0.0592. The number of ether oxygens (including phenoxy) is 2. The number of hydrogen-bond donors (Lipinski definition) is 1. The van der Waals surface area contributed by atoms with Crippen molar-refractivity contribution in [3.05, 3.63) is 59.2 Å². The fourth-order valence-corrected chi connectivity index (χ4v) is 3.22. The highest BCUT2D eigenvalue weighted by atomic mass is 19.1. The Bertz CT molecular complexity index is 769. The first-order chi connectivity index (χ1) is 12.5. The van der Waals surface area contributed by atoms with Crippen LogP contribution in [0.1, 0.15) is 17.5 Å². The summed E-state index contributed by atoms with van der Waals surface area (Å²) in [5, 5.41) is 9.76. The van der Waals surface area contributed by atoms with E-state index < -0.39 is 11.9 Å². The van der Waals surface area contributed by atoms with Gasteiger partial charge in [-0.3, -0.25) is 4.90 Å². The molecule has 1 aliphatic heterocycles. The van der Waals surface area contributed by atoms with Crippen molar-refractivity contribution in [3.63, 3.8) is 0 Å². The van der Waals surface area contributed by atoms with Gasteiger partial charge in [0.05, 0.1) is 13.2 Å². The fraction of sp³-hybridized carbons (Fsp3) is 0.400. The number of likely N-dealkylation sites (N-methyl/N-ethyl adjacent to an activating group) is 1. The van der Waals surface area contributed by atoms with Crippen molar-refractivity contribution >= 4 is 0 Å². The molecule has 3 rings (SSSR count). The van der Waals surface area contributed by atoms with Crippen molar-refractivity contribution in [1.29, 1.82) is 0 Å². The van der Waals surface area contributed by atoms with Crippen molar-refractivity contribution in [1.82, 2.24) is 4.90 Å². The predicted molar refractivity (Wildman–Crippen MR) is 94.4 cm³/mol. The molecule has 0 aliphatic carbocycles. The molecule has 0 spiro atoms. The lowest BCUT2D eigenvalue weighted by atomic mass is 10.0. The summed E-state index contributed by atoms with van der Waals surface area (Å²) in [5.41, 5.74) is 1.63. The van der Waals surface area contributed by atoms with Crippen LogP contribution in [0.4, 0.5) is 8.78 Å². The van der Waals surface area contributed by atoms with Crippen LogP contribution >= 0.6 is 0 Å². The highest BCUT2D eigenvalue weighted by Gasteiger charge is 2.30. The molecule has 26 heavy (non-hydrogen) atoms. The first-order valence-electron chi connectivity index (χ1n) is 8.62. The van der Waals surface area contributed by atoms with Crippen LogP contribution in [-0.4, -0.2) is 43.0 Å². The number of methoxy groups -OCH3 is 1. The third kappa shape index (κ3) is 4.31. The van der Waals surface area contributed by atoms with Crippen molar-refractivity contribution in [2.45, 2.75) is 31.6 Å². The van der Waals surface area contributed by atoms with E-state index in [0.717, 1.165) is 11.1 Å². The molecular weight excluding hydrogens is 340 g/mol. The smallest absolute Gasteiger partial charge is 0.165 e. The number of benzene rings is 2. The van der Waals surface area contributed by atoms with Crippen molar-refractivity contribution in [2.75, 3.05) is 20.7 Å². The molecule has 2 aromatic carbocycles. The molecule has 2 aromatic rings. The SMILES string of the molecule is COc1cc(CCc2cc(F)ccc2OC2CC(O)CN2C)ccc1F. The molecule has 2 atom stereocenters. The van der Waals surface area contributed by atoms with Crippen molar-refractivity contribution in [2.24, 2.45) is 0 Å². The molecule has 1 saturated heterocycles. The zero-order chi connectivity index (χ0) is 18.7. The van der Waals surface area contributed by atoms with E-state index in [1.54, 1.807) is 18.2 Å². The van der Waals surface area contributed by atoms with Crippen LogP contribution in [0.3, 0.4) is 0 Å². The van der Waals surface area contributed by atoms with Crippen LogP contribution in [0.25, 0.3) is 0 Å². The maximum absolute atomic E-state index is 13.7. The first-order valence-corrected chi connectivity index (χ1v) is 8.62. The molecule has 1 fully saturated rings. The summed E-state index contributed by atoms with van der Waals surface area (Å²) < 4.78 is 38.3. The Labute approximate surface area is 152 Å². The Morgan fingerprint density at radius 3 is 2.62 bits per heavy atom. The van der Waals surface area contributed by atoms with Crippen LogP contribution in [0.2, 0.25) is 0 Å². The second-order valence-electron chi connectivity index (χ2n) is 6.62. The Hall–Kier alpha value is -2.18. The summed E-state index contributed by atoms with van der Waals surface area (Å²) in [7, 11) is 3.31. The van der Waals surface area contributed by atoms with Crippen LogP contribution in [0, 0.1) is 11.6 Å². The Morgan fingerprint density at radius 1 is 1.12 bits per heavy atom. The third-order valence-electron chi connectivity index (χ3n) is 4.65. The highest BCUT2D eigenvalue weighted by molar-refractivity contribution is 5.36. The number of aliphatic hydroxyl groups excluding tert-OH is 1. The molecule has 4 nitrogen and oxygen atoms in total. The van der Waals surface area contributed by atoms with E-state index in [9.17, 15) is 13.9 Å². The van der Waals surface area contributed by atoms with Gasteiger partial charge >= 0.3 is 0 Å². The Morgan fingerprint density at radius 2 is 1.92 bits per heavy atom. The lowest BCUT2D eigenvalue weighted by Gasteiger charge is -2.22. The molecule has 1 N–H and O–H groups in total. The molecule has 0 saturated carbocycles. The Kier molecular flexibility index (Phi) is 5.74. The van der Waals surface area contributed by atoms with E-state index in [4.69, 9.17) is 9.47 Å². The topological polar surface area (TPSA) is 41.9 Å². The van der Waals surface area contributed by atoms with Gasteiger partial charge in [0.25, 0.3) is 0 Å². The van der Waals surface area contributed by atoms with Gasteiger partial charge in [0.2, 0.25) is 0 Å². The van der Waals surface area contributed by atoms with Crippen LogP contribution < -0.4 is 9.47 Å². The van der Waals surface area contributed by atoms with Crippen LogP contribution in [0.15, 0.2) is 36.4 Å². The second-order valence-corrected chi connectivity index (χ2v) is 6.62. The average Bonchev–Trinajstić information content (AvgIpc) is 2.93. The molecule has 0 aromatic heterocycles. The molecule has 140 valence electrons. The standard InChI is InChI=1S/C20H23F2NO3/c1-23-12-16(24)11-20(23)26-18-8-6-15(21)10-14(18)5-3-13-4-7-17(22)19(9-13)25-2/h4,6-10,16,20,24H,3,5,11-12H2,1-2H3. The number of likely N-dealkylation sites (tertiary alicyclic amines) is 1. The first kappa shape index (κ1) is 18.6. The number of β-amino-alcohol motifs (C(OH)–C–C–N with tert-alkyl or cyclic N) is 1. The minimum atomic E-state index is -0.416. The van der Waals surface area contributed by atoms with Crippen LogP contribution in [-0.2, 0) is 12.8 Å². The van der Waals surface area contributed by atoms with E-state index in [0.29, 0.717) is 31.6 Å². The fourth-order valence-electron chi connectivity index (χ4n) is 3.22. The monoisotopic (exact) mass is 363 g/mol. The summed E-state index contributed by atoms with van der Waals surface area (Å²) >= 11 is 0. The molecule has 0 bridgehead atoms. The number of halogens is 2. The highest BCUT2D eigenvalue weighted by Crippen LogP contribution is 2.27. The minimum Gasteiger partial charge on any atom is -0.494 e. The molecule has 1 heterocycles. The van der Waals surface area contributed by atoms with Gasteiger partial charge in [0.1, 0.15) is 11.6 Å². The maximum atomic E-state index is 13.7. The lowest BCUT2D eigenvalue weighted by molar-refractivity contribution is 0.0793. The summed E-state index contributed by atoms with van der Waals surface area (Å²) in [4.78, 5) is 1.93. The molecule has 6 heteroatoms. The van der Waals surface area contributed by atoms with Crippen molar-refractivity contribution < 1.29 is 23.4 Å². The van der Waals surface area contributed by atoms with Crippen molar-refractivity contribution in [3.8, 4) is 11.5 Å². The van der Waals surface area contributed by atoms with Gasteiger partial charge in [0.15, 0.2) is 17.8 Å². The number of nitrogens with zero attached hydrogens (tertiary/aromatic N) is 1. The quantitative estimate of drug-likeness (QED) is 0.856. The predicted octanol–water partition coefficient (Wildman–Crippen LogP) is 3.16. The molecule has 0 amide bonds. The largest absolute Gasteiger partial charge is 0.494 e. The van der Waals surface area contributed by atoms with Gasteiger partial charge in [-0.05, 0) is 61.3 Å². The lowest BCUT2D eigenvalue weighted by Crippen LogP contribution is -2.30. The van der Waals surface area contributed by atoms with E-state index in [2.05, 4.69) is 0 Å².